The van der Waals surface area contributed by atoms with Crippen molar-refractivity contribution in [2.45, 2.75) is 39.9 Å². The van der Waals surface area contributed by atoms with E-state index in [0.29, 0.717) is 22.9 Å². The molecule has 8 heteroatoms. The molecule has 0 atom stereocenters. The first-order valence-corrected chi connectivity index (χ1v) is 25.4. The zero-order valence-corrected chi connectivity index (χ0v) is 39.9. The smallest absolute Gasteiger partial charge is 0.165 e. The third kappa shape index (κ3) is 8.09. The Hall–Kier alpha value is -6.02. The van der Waals surface area contributed by atoms with E-state index in [2.05, 4.69) is 122 Å². The Morgan fingerprint density at radius 3 is 2.25 bits per heavy atom. The van der Waals surface area contributed by atoms with Crippen LogP contribution in [-0.2, 0) is 26.5 Å². The Morgan fingerprint density at radius 1 is 0.698 bits per heavy atom. The molecular formula is C55H44FIrN3OSSi-2. The molecule has 0 amide bonds. The summed E-state index contributed by atoms with van der Waals surface area (Å²) in [6.07, 6.45) is 3.24. The predicted molar refractivity (Wildman–Crippen MR) is 261 cm³/mol. The monoisotopic (exact) mass is 1030 g/mol. The molecular weight excluding hydrogens is 990 g/mol. The van der Waals surface area contributed by atoms with Crippen molar-refractivity contribution in [1.82, 2.24) is 14.5 Å². The number of hydrogen-bond acceptors (Lipinski definition) is 4. The van der Waals surface area contributed by atoms with Gasteiger partial charge in [0.05, 0.1) is 30.5 Å². The summed E-state index contributed by atoms with van der Waals surface area (Å²) in [5.41, 5.74) is 9.69. The van der Waals surface area contributed by atoms with Crippen molar-refractivity contribution in [3.8, 4) is 39.5 Å². The zero-order chi connectivity index (χ0) is 42.5. The van der Waals surface area contributed by atoms with Crippen molar-refractivity contribution in [1.29, 1.82) is 0 Å². The molecule has 0 N–H and O–H groups in total. The van der Waals surface area contributed by atoms with Crippen LogP contribution in [0.3, 0.4) is 0 Å². The largest absolute Gasteiger partial charge is 0.497 e. The van der Waals surface area contributed by atoms with Gasteiger partial charge in [0.2, 0.25) is 0 Å². The number of fused-ring (bicyclic) bond motifs is 7. The summed E-state index contributed by atoms with van der Waals surface area (Å²) in [7, 11) is -1.34. The molecule has 0 saturated heterocycles. The van der Waals surface area contributed by atoms with Crippen LogP contribution in [-0.4, -0.2) is 22.6 Å². The number of thiophene rings is 1. The number of rotatable bonds is 7. The number of nitrogens with zero attached hydrogens (tertiary/aromatic N) is 3. The molecule has 0 aliphatic carbocycles. The average molecular weight is 1030 g/mol. The van der Waals surface area contributed by atoms with E-state index in [-0.39, 0.29) is 25.7 Å². The SMILES string of the molecule is CC(C)Cc1cc(-c2[c-]cccc2)ncc1[Si](C)(C)C.Fc1cc(-c2ccccc2)cc2c1oc1c(-c3nc4ccccc4n3-c3ccc4sc5ccccc5c4c3)[c-]ccc12.[Ir]. The van der Waals surface area contributed by atoms with Crippen molar-refractivity contribution in [2.24, 2.45) is 5.92 Å². The molecule has 4 nitrogen and oxygen atoms in total. The van der Waals surface area contributed by atoms with Gasteiger partial charge in [-0.25, -0.2) is 4.39 Å². The van der Waals surface area contributed by atoms with Crippen LogP contribution in [0.15, 0.2) is 162 Å². The molecule has 4 aromatic heterocycles. The van der Waals surface area contributed by atoms with Crippen LogP contribution in [0.25, 0.3) is 92.6 Å². The molecule has 11 rings (SSSR count). The van der Waals surface area contributed by atoms with Crippen molar-refractivity contribution >= 4 is 77.7 Å². The van der Waals surface area contributed by atoms with Gasteiger partial charge >= 0.3 is 0 Å². The second-order valence-corrected chi connectivity index (χ2v) is 23.4. The number of hydrogen-bond donors (Lipinski definition) is 0. The molecule has 0 spiro atoms. The molecule has 0 unspecified atom stereocenters. The van der Waals surface area contributed by atoms with Gasteiger partial charge in [-0.1, -0.05) is 117 Å². The fraction of sp³-hybridized carbons (Fsp3) is 0.127. The quantitative estimate of drug-likeness (QED) is 0.118. The average Bonchev–Trinajstić information content (AvgIpc) is 3.98. The normalized spacial score (nSPS) is 11.7. The molecule has 0 aliphatic rings. The second-order valence-electron chi connectivity index (χ2n) is 17.3. The topological polar surface area (TPSA) is 43.9 Å². The first-order valence-electron chi connectivity index (χ1n) is 21.1. The molecule has 11 aromatic rings. The predicted octanol–water partition coefficient (Wildman–Crippen LogP) is 14.9. The number of halogens is 1. The van der Waals surface area contributed by atoms with Crippen LogP contribution in [0, 0.1) is 23.9 Å². The van der Waals surface area contributed by atoms with E-state index in [1.807, 2.05) is 84.9 Å². The van der Waals surface area contributed by atoms with Crippen molar-refractivity contribution in [3.63, 3.8) is 0 Å². The van der Waals surface area contributed by atoms with Crippen molar-refractivity contribution < 1.29 is 28.9 Å². The summed E-state index contributed by atoms with van der Waals surface area (Å²) in [6, 6.07) is 57.4. The van der Waals surface area contributed by atoms with E-state index in [0.717, 1.165) is 56.3 Å². The fourth-order valence-electron chi connectivity index (χ4n) is 8.55. The van der Waals surface area contributed by atoms with Crippen LogP contribution < -0.4 is 5.19 Å². The molecule has 0 bridgehead atoms. The summed E-state index contributed by atoms with van der Waals surface area (Å²) in [5.74, 6) is 0.973. The van der Waals surface area contributed by atoms with E-state index in [1.54, 1.807) is 17.4 Å². The number of para-hydroxylation sites is 2. The van der Waals surface area contributed by atoms with E-state index in [9.17, 15) is 0 Å². The van der Waals surface area contributed by atoms with Crippen LogP contribution in [0.2, 0.25) is 19.6 Å². The zero-order valence-electron chi connectivity index (χ0n) is 35.7. The number of aromatic nitrogens is 3. The van der Waals surface area contributed by atoms with Gasteiger partial charge in [0.25, 0.3) is 0 Å². The summed E-state index contributed by atoms with van der Waals surface area (Å²) < 4.78 is 26.5. The number of furan rings is 1. The van der Waals surface area contributed by atoms with Gasteiger partial charge in [0, 0.05) is 57.5 Å². The summed E-state index contributed by atoms with van der Waals surface area (Å²) >= 11 is 1.80. The Morgan fingerprint density at radius 2 is 1.46 bits per heavy atom. The van der Waals surface area contributed by atoms with Gasteiger partial charge < -0.3 is 14.0 Å². The molecule has 1 radical (unpaired) electrons. The maximum Gasteiger partial charge on any atom is 0.165 e. The Kier molecular flexibility index (Phi) is 11.6. The maximum atomic E-state index is 15.5. The molecule has 4 heterocycles. The summed E-state index contributed by atoms with van der Waals surface area (Å²) in [4.78, 5) is 9.76. The van der Waals surface area contributed by atoms with Gasteiger partial charge in [-0.05, 0) is 82.9 Å². The minimum Gasteiger partial charge on any atom is -0.497 e. The third-order valence-electron chi connectivity index (χ3n) is 11.4. The van der Waals surface area contributed by atoms with E-state index in [1.165, 1.54) is 30.9 Å². The minimum atomic E-state index is -1.34. The summed E-state index contributed by atoms with van der Waals surface area (Å²) in [5, 5.41) is 5.49. The maximum absolute atomic E-state index is 15.5. The number of pyridine rings is 1. The van der Waals surface area contributed by atoms with Crippen molar-refractivity contribution in [2.75, 3.05) is 0 Å². The second kappa shape index (κ2) is 17.3. The van der Waals surface area contributed by atoms with E-state index in [4.69, 9.17) is 9.40 Å². The van der Waals surface area contributed by atoms with E-state index >= 15 is 4.39 Å². The Bertz CT molecular complexity index is 3420. The first-order chi connectivity index (χ1) is 30.1. The number of imidazole rings is 1. The van der Waals surface area contributed by atoms with Gasteiger partial charge in [0.1, 0.15) is 0 Å². The van der Waals surface area contributed by atoms with Gasteiger partial charge in [-0.15, -0.1) is 65.4 Å². The van der Waals surface area contributed by atoms with Crippen LogP contribution in [0.5, 0.6) is 0 Å². The van der Waals surface area contributed by atoms with Crippen LogP contribution in [0.4, 0.5) is 4.39 Å². The molecule has 63 heavy (non-hydrogen) atoms. The van der Waals surface area contributed by atoms with Gasteiger partial charge in [-0.3, -0.25) is 4.98 Å². The molecule has 313 valence electrons. The third-order valence-corrected chi connectivity index (χ3v) is 14.6. The van der Waals surface area contributed by atoms with Gasteiger partial charge in [0.15, 0.2) is 11.4 Å². The Balaban J connectivity index is 0.000000204. The molecule has 0 aliphatic heterocycles. The molecule has 0 saturated carbocycles. The van der Waals surface area contributed by atoms with Crippen LogP contribution in [0.1, 0.15) is 19.4 Å². The number of benzene rings is 7. The molecule has 0 fully saturated rings. The summed E-state index contributed by atoms with van der Waals surface area (Å²) in [6.45, 7) is 11.7. The molecule has 7 aromatic carbocycles. The minimum absolute atomic E-state index is 0. The van der Waals surface area contributed by atoms with Gasteiger partial charge in [-0.2, -0.15) is 0 Å². The van der Waals surface area contributed by atoms with E-state index < -0.39 is 13.9 Å². The Labute approximate surface area is 385 Å². The van der Waals surface area contributed by atoms with Crippen molar-refractivity contribution in [3.05, 3.63) is 181 Å². The first kappa shape index (κ1) is 42.3. The standard InChI is InChI=1S/C37H20FN2OS.C18H24NSi.Ir/c38-30-20-23(22-9-2-1-3-10-22)19-29-26-12-8-13-27(35(26)41-36(29)30)37-39-31-14-5-6-15-32(31)40(37)24-17-18-34-28(21-24)25-11-4-7-16-33(25)42-34;1-14(2)11-16-12-17(15-9-7-6-8-10-15)19-13-18(16)20(3,4)5;/h1-12,14-21H;6-9,12-14H,11H2,1-5H3;/q2*-1;. The van der Waals surface area contributed by atoms with Crippen LogP contribution >= 0.6 is 11.3 Å². The fourth-order valence-corrected chi connectivity index (χ4v) is 11.2.